The van der Waals surface area contributed by atoms with E-state index in [1.165, 1.54) is 32.9 Å². The molecule has 22 heavy (non-hydrogen) atoms. The zero-order valence-electron chi connectivity index (χ0n) is 13.5. The van der Waals surface area contributed by atoms with E-state index in [1.54, 1.807) is 6.92 Å². The predicted octanol–water partition coefficient (Wildman–Crippen LogP) is 2.14. The Balaban J connectivity index is 3.94. The molecule has 1 rings (SSSR count). The number of benzene rings is 1. The molecule has 0 aromatic heterocycles. The maximum Gasteiger partial charge on any atom is 0.339 e. The maximum absolute atomic E-state index is 12.8. The smallest absolute Gasteiger partial charge is 0.339 e. The second kappa shape index (κ2) is 6.08. The van der Waals surface area contributed by atoms with Gasteiger partial charge in [-0.3, -0.25) is 0 Å². The van der Waals surface area contributed by atoms with Gasteiger partial charge in [0.15, 0.2) is 9.84 Å². The van der Waals surface area contributed by atoms with Crippen LogP contribution in [0.4, 0.5) is 0 Å². The summed E-state index contributed by atoms with van der Waals surface area (Å²) < 4.78 is 33.8. The van der Waals surface area contributed by atoms with Gasteiger partial charge in [-0.25, -0.2) is 18.0 Å². The Morgan fingerprint density at radius 2 is 1.32 bits per heavy atom. The summed E-state index contributed by atoms with van der Waals surface area (Å²) in [6.45, 7) is 6.12. The fraction of sp³-hybridized carbons (Fsp3) is 0.467. The van der Waals surface area contributed by atoms with Gasteiger partial charge in [0.2, 0.25) is 0 Å². The molecule has 0 bridgehead atoms. The first-order valence-electron chi connectivity index (χ1n) is 6.53. The van der Waals surface area contributed by atoms with Crippen LogP contribution in [0.3, 0.4) is 0 Å². The highest BCUT2D eigenvalue weighted by atomic mass is 32.2. The van der Waals surface area contributed by atoms with Gasteiger partial charge >= 0.3 is 11.9 Å². The van der Waals surface area contributed by atoms with Gasteiger partial charge in [0, 0.05) is 0 Å². The standard InChI is InChI=1S/C15H20O6S/c1-9-7-10(13(16)20-5)12(11(8-9)14(17)21-6)22(18,19)15(2,3)4/h7-8H,1-6H3. The quantitative estimate of drug-likeness (QED) is 0.790. The predicted molar refractivity (Wildman–Crippen MR) is 80.8 cm³/mol. The van der Waals surface area contributed by atoms with Gasteiger partial charge in [-0.2, -0.15) is 0 Å². The Bertz CT molecular complexity index is 673. The topological polar surface area (TPSA) is 86.7 Å². The molecule has 0 saturated carbocycles. The fourth-order valence-electron chi connectivity index (χ4n) is 1.89. The summed E-state index contributed by atoms with van der Waals surface area (Å²) in [6, 6.07) is 2.77. The van der Waals surface area contributed by atoms with Crippen LogP contribution in [0.5, 0.6) is 0 Å². The van der Waals surface area contributed by atoms with Crippen LogP contribution < -0.4 is 0 Å². The van der Waals surface area contributed by atoms with Crippen molar-refractivity contribution in [3.05, 3.63) is 28.8 Å². The molecule has 0 amide bonds. The van der Waals surface area contributed by atoms with Gasteiger partial charge in [-0.05, 0) is 45.4 Å². The van der Waals surface area contributed by atoms with E-state index in [0.29, 0.717) is 5.56 Å². The number of sulfone groups is 1. The lowest BCUT2D eigenvalue weighted by Crippen LogP contribution is -2.31. The van der Waals surface area contributed by atoms with E-state index in [2.05, 4.69) is 9.47 Å². The van der Waals surface area contributed by atoms with E-state index in [-0.39, 0.29) is 16.0 Å². The zero-order valence-corrected chi connectivity index (χ0v) is 14.3. The minimum absolute atomic E-state index is 0.169. The van der Waals surface area contributed by atoms with Crippen molar-refractivity contribution in [3.8, 4) is 0 Å². The first-order valence-corrected chi connectivity index (χ1v) is 8.01. The summed E-state index contributed by atoms with van der Waals surface area (Å²) in [4.78, 5) is 23.6. The molecule has 7 heteroatoms. The summed E-state index contributed by atoms with van der Waals surface area (Å²) in [5, 5.41) is 0. The molecule has 1 aromatic carbocycles. The molecule has 122 valence electrons. The molecule has 0 saturated heterocycles. The van der Waals surface area contributed by atoms with E-state index in [0.717, 1.165) is 14.2 Å². The number of esters is 2. The maximum atomic E-state index is 12.8. The van der Waals surface area contributed by atoms with Gasteiger partial charge in [0.05, 0.1) is 35.0 Å². The average molecular weight is 328 g/mol. The summed E-state index contributed by atoms with van der Waals surface area (Å²) in [6.07, 6.45) is 0. The molecule has 0 aliphatic rings. The van der Waals surface area contributed by atoms with Gasteiger partial charge in [0.1, 0.15) is 0 Å². The number of ether oxygens (including phenoxy) is 2. The lowest BCUT2D eigenvalue weighted by Gasteiger charge is -2.23. The Hall–Kier alpha value is -1.89. The molecule has 0 aliphatic heterocycles. The molecule has 0 spiro atoms. The molecule has 6 nitrogen and oxygen atoms in total. The van der Waals surface area contributed by atoms with Crippen LogP contribution in [0.1, 0.15) is 47.1 Å². The molecular weight excluding hydrogens is 308 g/mol. The van der Waals surface area contributed by atoms with Crippen molar-refractivity contribution in [1.82, 2.24) is 0 Å². The van der Waals surface area contributed by atoms with Crippen molar-refractivity contribution >= 4 is 21.8 Å². The van der Waals surface area contributed by atoms with Gasteiger partial charge in [-0.15, -0.1) is 0 Å². The van der Waals surface area contributed by atoms with Crippen molar-refractivity contribution in [2.45, 2.75) is 37.3 Å². The number of hydrogen-bond donors (Lipinski definition) is 0. The molecule has 0 radical (unpaired) electrons. The van der Waals surface area contributed by atoms with E-state index in [4.69, 9.17) is 0 Å². The minimum Gasteiger partial charge on any atom is -0.465 e. The second-order valence-electron chi connectivity index (χ2n) is 5.79. The molecule has 0 atom stereocenters. The lowest BCUT2D eigenvalue weighted by molar-refractivity contribution is 0.0590. The molecule has 1 aromatic rings. The first kappa shape index (κ1) is 18.2. The van der Waals surface area contributed by atoms with Gasteiger partial charge < -0.3 is 9.47 Å². The van der Waals surface area contributed by atoms with Gasteiger partial charge in [0.25, 0.3) is 0 Å². The SMILES string of the molecule is COC(=O)c1cc(C)cc(C(=O)OC)c1S(=O)(=O)C(C)(C)C. The highest BCUT2D eigenvalue weighted by Gasteiger charge is 2.38. The van der Waals surface area contributed by atoms with Crippen LogP contribution in [0, 0.1) is 6.92 Å². The van der Waals surface area contributed by atoms with Crippen LogP contribution in [0.25, 0.3) is 0 Å². The molecule has 0 N–H and O–H groups in total. The summed E-state index contributed by atoms with van der Waals surface area (Å²) in [5.41, 5.74) is 0.212. The normalized spacial score (nSPS) is 11.9. The number of carbonyl (C=O) groups excluding carboxylic acids is 2. The number of aryl methyl sites for hydroxylation is 1. The van der Waals surface area contributed by atoms with Crippen molar-refractivity contribution in [1.29, 1.82) is 0 Å². The van der Waals surface area contributed by atoms with Crippen LogP contribution in [-0.4, -0.2) is 39.3 Å². The molecule has 0 fully saturated rings. The fourth-order valence-corrected chi connectivity index (χ4v) is 3.37. The Labute approximate surface area is 130 Å². The highest BCUT2D eigenvalue weighted by molar-refractivity contribution is 7.93. The summed E-state index contributed by atoms with van der Waals surface area (Å²) >= 11 is 0. The monoisotopic (exact) mass is 328 g/mol. The molecule has 0 unspecified atom stereocenters. The first-order chi connectivity index (χ1) is 9.97. The van der Waals surface area contributed by atoms with Crippen LogP contribution in [0.15, 0.2) is 17.0 Å². The number of carbonyl (C=O) groups is 2. The summed E-state index contributed by atoms with van der Waals surface area (Å²) in [7, 11) is -1.67. The van der Waals surface area contributed by atoms with Crippen molar-refractivity contribution in [2.24, 2.45) is 0 Å². The van der Waals surface area contributed by atoms with E-state index in [1.807, 2.05) is 0 Å². The highest BCUT2D eigenvalue weighted by Crippen LogP contribution is 2.32. The second-order valence-corrected chi connectivity index (χ2v) is 8.43. The van der Waals surface area contributed by atoms with Gasteiger partial charge in [-0.1, -0.05) is 0 Å². The van der Waals surface area contributed by atoms with E-state index < -0.39 is 26.5 Å². The molecular formula is C15H20O6S. The number of hydrogen-bond acceptors (Lipinski definition) is 6. The van der Waals surface area contributed by atoms with E-state index in [9.17, 15) is 18.0 Å². The Morgan fingerprint density at radius 1 is 0.955 bits per heavy atom. The molecule has 0 aliphatic carbocycles. The third kappa shape index (κ3) is 3.14. The molecule has 0 heterocycles. The average Bonchev–Trinajstić information content (AvgIpc) is 2.42. The van der Waals surface area contributed by atoms with Crippen LogP contribution in [0.2, 0.25) is 0 Å². The van der Waals surface area contributed by atoms with Crippen LogP contribution in [-0.2, 0) is 19.3 Å². The van der Waals surface area contributed by atoms with E-state index >= 15 is 0 Å². The summed E-state index contributed by atoms with van der Waals surface area (Å²) in [5.74, 6) is -1.65. The third-order valence-corrected chi connectivity index (χ3v) is 5.71. The van der Waals surface area contributed by atoms with Crippen molar-refractivity contribution in [3.63, 3.8) is 0 Å². The minimum atomic E-state index is -3.97. The Kier molecular flexibility index (Phi) is 5.02. The van der Waals surface area contributed by atoms with Crippen LogP contribution >= 0.6 is 0 Å². The largest absolute Gasteiger partial charge is 0.465 e. The number of methoxy groups -OCH3 is 2. The van der Waals surface area contributed by atoms with Crippen molar-refractivity contribution < 1.29 is 27.5 Å². The Morgan fingerprint density at radius 3 is 1.59 bits per heavy atom. The zero-order chi connectivity index (χ0) is 17.3. The third-order valence-electron chi connectivity index (χ3n) is 3.12. The lowest BCUT2D eigenvalue weighted by atomic mass is 10.1. The number of rotatable bonds is 3. The van der Waals surface area contributed by atoms with Crippen molar-refractivity contribution in [2.75, 3.05) is 14.2 Å².